The molecule has 1 heterocycles. The van der Waals surface area contributed by atoms with Crippen LogP contribution < -0.4 is 10.6 Å². The third kappa shape index (κ3) is 3.64. The zero-order valence-corrected chi connectivity index (χ0v) is 19.1. The number of H-pyrrole nitrogens is 1. The number of hydrogen-bond donors (Lipinski definition) is 3. The first-order valence-electron chi connectivity index (χ1n) is 12.2. The molecule has 170 valence electrons. The van der Waals surface area contributed by atoms with Gasteiger partial charge in [0, 0.05) is 30.1 Å². The molecule has 0 spiro atoms. The molecule has 33 heavy (non-hydrogen) atoms. The minimum absolute atomic E-state index is 0.0269. The molecule has 0 saturated heterocycles. The van der Waals surface area contributed by atoms with Crippen molar-refractivity contribution in [2.24, 2.45) is 23.2 Å². The normalized spacial score (nSPS) is 27.6. The van der Waals surface area contributed by atoms with Gasteiger partial charge >= 0.3 is 0 Å². The lowest BCUT2D eigenvalue weighted by Gasteiger charge is -2.56. The van der Waals surface area contributed by atoms with Crippen LogP contribution in [0.4, 0.5) is 0 Å². The van der Waals surface area contributed by atoms with Crippen molar-refractivity contribution in [1.29, 1.82) is 0 Å². The highest BCUT2D eigenvalue weighted by atomic mass is 16.2. The summed E-state index contributed by atoms with van der Waals surface area (Å²) in [5.41, 5.74) is 4.58. The lowest BCUT2D eigenvalue weighted by molar-refractivity contribution is -0.0503. The average Bonchev–Trinajstić information content (AvgIpc) is 3.26. The van der Waals surface area contributed by atoms with Gasteiger partial charge < -0.3 is 15.6 Å². The number of rotatable bonds is 5. The van der Waals surface area contributed by atoms with Crippen molar-refractivity contribution in [3.63, 3.8) is 0 Å². The van der Waals surface area contributed by atoms with E-state index in [1.165, 1.54) is 38.5 Å². The second-order valence-corrected chi connectivity index (χ2v) is 10.7. The van der Waals surface area contributed by atoms with E-state index in [-0.39, 0.29) is 11.8 Å². The molecule has 0 radical (unpaired) electrons. The van der Waals surface area contributed by atoms with E-state index in [9.17, 15) is 9.59 Å². The summed E-state index contributed by atoms with van der Waals surface area (Å²) < 4.78 is 0. The molecule has 4 aliphatic rings. The second kappa shape index (κ2) is 7.75. The Morgan fingerprint density at radius 1 is 0.939 bits per heavy atom. The van der Waals surface area contributed by atoms with Gasteiger partial charge in [0.25, 0.3) is 11.8 Å². The van der Waals surface area contributed by atoms with Crippen molar-refractivity contribution >= 4 is 22.7 Å². The maximum atomic E-state index is 12.9. The standard InChI is InChI=1S/C28H31N3O2/c1-29-27(33)25-12-23-22(3-2-4-24(23)31-25)20-5-7-21(8-6-20)26(32)30-16-28-13-17-9-18(14-28)11-19(10-17)15-28/h2-8,12,17-19,31H,9-11,13-16H2,1H3,(H,29,33)(H,30,32). The Labute approximate surface area is 194 Å². The summed E-state index contributed by atoms with van der Waals surface area (Å²) in [5, 5.41) is 6.93. The molecule has 3 N–H and O–H groups in total. The van der Waals surface area contributed by atoms with Crippen LogP contribution in [0.5, 0.6) is 0 Å². The van der Waals surface area contributed by atoms with Crippen LogP contribution in [0.15, 0.2) is 48.5 Å². The molecule has 5 nitrogen and oxygen atoms in total. The lowest BCUT2D eigenvalue weighted by atomic mass is 9.49. The summed E-state index contributed by atoms with van der Waals surface area (Å²) in [6, 6.07) is 15.7. The molecule has 2 amide bonds. The Bertz CT molecular complexity index is 1190. The fraction of sp³-hybridized carbons (Fsp3) is 0.429. The van der Waals surface area contributed by atoms with Crippen molar-refractivity contribution < 1.29 is 9.59 Å². The summed E-state index contributed by atoms with van der Waals surface area (Å²) in [6.45, 7) is 0.821. The van der Waals surface area contributed by atoms with E-state index >= 15 is 0 Å². The van der Waals surface area contributed by atoms with E-state index in [1.807, 2.05) is 48.5 Å². The first-order valence-corrected chi connectivity index (χ1v) is 12.2. The Morgan fingerprint density at radius 2 is 1.61 bits per heavy atom. The quantitative estimate of drug-likeness (QED) is 0.513. The molecule has 0 atom stereocenters. The molecule has 4 bridgehead atoms. The van der Waals surface area contributed by atoms with Crippen LogP contribution in [0.25, 0.3) is 22.0 Å². The number of fused-ring (bicyclic) bond motifs is 1. The largest absolute Gasteiger partial charge is 0.354 e. The predicted octanol–water partition coefficient (Wildman–Crippen LogP) is 5.14. The third-order valence-corrected chi connectivity index (χ3v) is 8.38. The van der Waals surface area contributed by atoms with Crippen molar-refractivity contribution in [3.8, 4) is 11.1 Å². The molecular formula is C28H31N3O2. The molecule has 0 unspecified atom stereocenters. The molecule has 5 heteroatoms. The van der Waals surface area contributed by atoms with Crippen LogP contribution in [-0.2, 0) is 0 Å². The Hall–Kier alpha value is -3.08. The lowest BCUT2D eigenvalue weighted by Crippen LogP contribution is -2.51. The van der Waals surface area contributed by atoms with Gasteiger partial charge in [0.1, 0.15) is 5.69 Å². The maximum Gasteiger partial charge on any atom is 0.267 e. The number of aromatic nitrogens is 1. The summed E-state index contributed by atoms with van der Waals surface area (Å²) in [7, 11) is 1.63. The van der Waals surface area contributed by atoms with Crippen LogP contribution in [0.1, 0.15) is 59.4 Å². The van der Waals surface area contributed by atoms with E-state index in [4.69, 9.17) is 0 Å². The van der Waals surface area contributed by atoms with Crippen LogP contribution in [0, 0.1) is 23.2 Å². The van der Waals surface area contributed by atoms with E-state index in [1.54, 1.807) is 7.05 Å². The summed E-state index contributed by atoms with van der Waals surface area (Å²) in [6.07, 6.45) is 8.18. The maximum absolute atomic E-state index is 12.9. The Kier molecular flexibility index (Phi) is 4.82. The van der Waals surface area contributed by atoms with Gasteiger partial charge in [0.2, 0.25) is 0 Å². The number of hydrogen-bond acceptors (Lipinski definition) is 2. The summed E-state index contributed by atoms with van der Waals surface area (Å²) >= 11 is 0. The van der Waals surface area contributed by atoms with Gasteiger partial charge in [-0.1, -0.05) is 24.3 Å². The molecule has 2 aromatic carbocycles. The van der Waals surface area contributed by atoms with Crippen LogP contribution >= 0.6 is 0 Å². The summed E-state index contributed by atoms with van der Waals surface area (Å²) in [4.78, 5) is 28.2. The van der Waals surface area contributed by atoms with Gasteiger partial charge in [0.15, 0.2) is 0 Å². The SMILES string of the molecule is CNC(=O)c1cc2c(-c3ccc(C(=O)NCC45CC6CC(CC(C6)C4)C5)cc3)cccc2[nH]1. The highest BCUT2D eigenvalue weighted by molar-refractivity contribution is 6.03. The van der Waals surface area contributed by atoms with E-state index in [0.717, 1.165) is 46.3 Å². The molecule has 3 aromatic rings. The summed E-state index contributed by atoms with van der Waals surface area (Å²) in [5.74, 6) is 2.58. The fourth-order valence-electron chi connectivity index (χ4n) is 7.34. The van der Waals surface area contributed by atoms with Gasteiger partial charge in [-0.2, -0.15) is 0 Å². The van der Waals surface area contributed by atoms with Crippen LogP contribution in [-0.4, -0.2) is 30.4 Å². The molecule has 4 saturated carbocycles. The molecule has 4 fully saturated rings. The zero-order chi connectivity index (χ0) is 22.6. The van der Waals surface area contributed by atoms with Crippen LogP contribution in [0.2, 0.25) is 0 Å². The Morgan fingerprint density at radius 3 is 2.24 bits per heavy atom. The molecular weight excluding hydrogens is 410 g/mol. The van der Waals surface area contributed by atoms with Crippen molar-refractivity contribution in [3.05, 3.63) is 59.8 Å². The average molecular weight is 442 g/mol. The third-order valence-electron chi connectivity index (χ3n) is 8.38. The van der Waals surface area contributed by atoms with Crippen molar-refractivity contribution in [2.45, 2.75) is 38.5 Å². The molecule has 4 aliphatic carbocycles. The van der Waals surface area contributed by atoms with Gasteiger partial charge in [-0.25, -0.2) is 0 Å². The molecule has 7 rings (SSSR count). The van der Waals surface area contributed by atoms with E-state index in [2.05, 4.69) is 15.6 Å². The van der Waals surface area contributed by atoms with Gasteiger partial charge in [0.05, 0.1) is 0 Å². The first kappa shape index (κ1) is 20.5. The minimum Gasteiger partial charge on any atom is -0.354 e. The molecule has 1 aromatic heterocycles. The monoisotopic (exact) mass is 441 g/mol. The number of nitrogens with one attached hydrogen (secondary N) is 3. The van der Waals surface area contributed by atoms with E-state index < -0.39 is 0 Å². The Balaban J connectivity index is 1.18. The first-order chi connectivity index (χ1) is 16.0. The number of amides is 2. The van der Waals surface area contributed by atoms with Crippen molar-refractivity contribution in [1.82, 2.24) is 15.6 Å². The number of aromatic amines is 1. The van der Waals surface area contributed by atoms with Crippen molar-refractivity contribution in [2.75, 3.05) is 13.6 Å². The highest BCUT2D eigenvalue weighted by Crippen LogP contribution is 2.59. The number of carbonyl (C=O) groups is 2. The number of carbonyl (C=O) groups excluding carboxylic acids is 2. The predicted molar refractivity (Wildman–Crippen MR) is 130 cm³/mol. The van der Waals surface area contributed by atoms with Gasteiger partial charge in [-0.05, 0) is 97.1 Å². The minimum atomic E-state index is -0.136. The van der Waals surface area contributed by atoms with Gasteiger partial charge in [-0.3, -0.25) is 9.59 Å². The van der Waals surface area contributed by atoms with Crippen LogP contribution in [0.3, 0.4) is 0 Å². The second-order valence-electron chi connectivity index (χ2n) is 10.7. The number of benzene rings is 2. The molecule has 0 aliphatic heterocycles. The topological polar surface area (TPSA) is 74.0 Å². The highest BCUT2D eigenvalue weighted by Gasteiger charge is 2.50. The fourth-order valence-corrected chi connectivity index (χ4v) is 7.34. The zero-order valence-electron chi connectivity index (χ0n) is 19.1. The van der Waals surface area contributed by atoms with Gasteiger partial charge in [-0.15, -0.1) is 0 Å². The smallest absolute Gasteiger partial charge is 0.267 e. The van der Waals surface area contributed by atoms with E-state index in [0.29, 0.717) is 16.7 Å².